The second-order valence-corrected chi connectivity index (χ2v) is 4.90. The molecule has 0 radical (unpaired) electrons. The molecule has 0 atom stereocenters. The van der Waals surface area contributed by atoms with Crippen molar-refractivity contribution in [3.8, 4) is 0 Å². The van der Waals surface area contributed by atoms with Crippen molar-refractivity contribution in [2.24, 2.45) is 0 Å². The molecule has 0 unspecified atom stereocenters. The van der Waals surface area contributed by atoms with E-state index in [1.54, 1.807) is 25.8 Å². The third kappa shape index (κ3) is 3.87. The maximum absolute atomic E-state index is 10.9. The van der Waals surface area contributed by atoms with Crippen molar-refractivity contribution in [3.63, 3.8) is 0 Å². The number of hydrogen-bond donors (Lipinski definition) is 2. The fourth-order valence-electron chi connectivity index (χ4n) is 1.46. The molecule has 1 aromatic heterocycles. The van der Waals surface area contributed by atoms with Gasteiger partial charge in [-0.05, 0) is 19.9 Å². The lowest BCUT2D eigenvalue weighted by Gasteiger charge is -2.26. The third-order valence-electron chi connectivity index (χ3n) is 2.09. The van der Waals surface area contributed by atoms with Crippen LogP contribution >= 0.6 is 11.6 Å². The van der Waals surface area contributed by atoms with E-state index >= 15 is 0 Å². The number of carbonyl (C=O) groups is 1. The summed E-state index contributed by atoms with van der Waals surface area (Å²) < 4.78 is 0. The Bertz CT molecular complexity index is 429. The van der Waals surface area contributed by atoms with Crippen LogP contribution in [0.25, 0.3) is 0 Å². The van der Waals surface area contributed by atoms with Gasteiger partial charge in [0.15, 0.2) is 0 Å². The Morgan fingerprint density at radius 1 is 1.59 bits per heavy atom. The fraction of sp³-hybridized carbons (Fsp3) is 0.455. The highest BCUT2D eigenvalue weighted by molar-refractivity contribution is 6.33. The van der Waals surface area contributed by atoms with Crippen LogP contribution in [0.15, 0.2) is 12.3 Å². The van der Waals surface area contributed by atoms with E-state index in [1.807, 2.05) is 0 Å². The van der Waals surface area contributed by atoms with Crippen LogP contribution in [0.3, 0.4) is 0 Å². The number of nitrogens with zero attached hydrogens (tertiary/aromatic N) is 2. The Morgan fingerprint density at radius 2 is 2.18 bits per heavy atom. The summed E-state index contributed by atoms with van der Waals surface area (Å²) in [5.41, 5.74) is -0.890. The molecule has 0 saturated heterocycles. The molecule has 0 aliphatic heterocycles. The summed E-state index contributed by atoms with van der Waals surface area (Å²) in [6.45, 7) is 3.66. The third-order valence-corrected chi connectivity index (χ3v) is 2.39. The van der Waals surface area contributed by atoms with E-state index in [0.29, 0.717) is 12.4 Å². The van der Waals surface area contributed by atoms with E-state index < -0.39 is 11.6 Å². The molecular formula is C11H15ClN2O3. The van der Waals surface area contributed by atoms with Crippen molar-refractivity contribution in [3.05, 3.63) is 22.8 Å². The molecule has 0 amide bonds. The average molecular weight is 259 g/mol. The second kappa shape index (κ2) is 4.89. The Morgan fingerprint density at radius 3 is 2.65 bits per heavy atom. The molecule has 17 heavy (non-hydrogen) atoms. The first-order chi connectivity index (χ1) is 7.70. The Kier molecular flexibility index (Phi) is 3.95. The molecule has 6 heteroatoms. The molecule has 0 aliphatic rings. The Balaban J connectivity index is 3.00. The first kappa shape index (κ1) is 13.7. The van der Waals surface area contributed by atoms with Crippen molar-refractivity contribution in [2.75, 3.05) is 18.5 Å². The number of anilines is 1. The van der Waals surface area contributed by atoms with Gasteiger partial charge < -0.3 is 15.1 Å². The summed E-state index contributed by atoms with van der Waals surface area (Å²) in [5, 5.41) is 18.7. The van der Waals surface area contributed by atoms with Gasteiger partial charge in [0.05, 0.1) is 16.2 Å². The molecule has 0 spiro atoms. The largest absolute Gasteiger partial charge is 0.478 e. The summed E-state index contributed by atoms with van der Waals surface area (Å²) >= 11 is 5.72. The van der Waals surface area contributed by atoms with Crippen LogP contribution in [0, 0.1) is 0 Å². The summed E-state index contributed by atoms with van der Waals surface area (Å²) in [7, 11) is 1.72. The van der Waals surface area contributed by atoms with Gasteiger partial charge in [0.1, 0.15) is 5.82 Å². The Labute approximate surface area is 105 Å². The number of carboxylic acids is 1. The summed E-state index contributed by atoms with van der Waals surface area (Å²) in [5.74, 6) is -0.649. The monoisotopic (exact) mass is 258 g/mol. The maximum atomic E-state index is 10.9. The number of carboxylic acid groups (broad SMARTS) is 1. The molecule has 94 valence electrons. The number of likely N-dealkylation sites (N-methyl/N-ethyl adjacent to an activating group) is 1. The topological polar surface area (TPSA) is 73.7 Å². The highest BCUT2D eigenvalue weighted by Crippen LogP contribution is 2.20. The molecular weight excluding hydrogens is 244 g/mol. The quantitative estimate of drug-likeness (QED) is 0.859. The number of aromatic carboxylic acids is 1. The number of hydrogen-bond acceptors (Lipinski definition) is 4. The van der Waals surface area contributed by atoms with E-state index in [9.17, 15) is 9.90 Å². The predicted molar refractivity (Wildman–Crippen MR) is 65.8 cm³/mol. The average Bonchev–Trinajstić information content (AvgIpc) is 2.14. The van der Waals surface area contributed by atoms with Crippen molar-refractivity contribution >= 4 is 23.4 Å². The maximum Gasteiger partial charge on any atom is 0.337 e. The van der Waals surface area contributed by atoms with Crippen molar-refractivity contribution < 1.29 is 15.0 Å². The van der Waals surface area contributed by atoms with Crippen molar-refractivity contribution in [1.29, 1.82) is 0 Å². The standard InChI is InChI=1S/C11H15ClN2O3/c1-11(2,17)6-14(3)9-4-7(10(15)16)8(12)5-13-9/h4-5,17H,6H2,1-3H3,(H,15,16). The molecule has 2 N–H and O–H groups in total. The number of aromatic nitrogens is 1. The van der Waals surface area contributed by atoms with Gasteiger partial charge in [0.25, 0.3) is 0 Å². The lowest BCUT2D eigenvalue weighted by Crippen LogP contribution is -2.36. The zero-order valence-electron chi connectivity index (χ0n) is 9.94. The van der Waals surface area contributed by atoms with Crippen molar-refractivity contribution in [2.45, 2.75) is 19.4 Å². The predicted octanol–water partition coefficient (Wildman–Crippen LogP) is 1.64. The molecule has 1 aromatic rings. The van der Waals surface area contributed by atoms with Crippen LogP contribution in [-0.4, -0.2) is 40.4 Å². The smallest absolute Gasteiger partial charge is 0.337 e. The van der Waals surface area contributed by atoms with E-state index in [-0.39, 0.29) is 10.6 Å². The minimum atomic E-state index is -1.10. The number of pyridine rings is 1. The fourth-order valence-corrected chi connectivity index (χ4v) is 1.65. The molecule has 0 fully saturated rings. The Hall–Kier alpha value is -1.33. The number of halogens is 1. The highest BCUT2D eigenvalue weighted by atomic mass is 35.5. The molecule has 0 bridgehead atoms. The van der Waals surface area contributed by atoms with E-state index in [2.05, 4.69) is 4.98 Å². The van der Waals surface area contributed by atoms with E-state index in [1.165, 1.54) is 12.3 Å². The van der Waals surface area contributed by atoms with Crippen LogP contribution in [0.1, 0.15) is 24.2 Å². The SMILES string of the molecule is CN(CC(C)(C)O)c1cc(C(=O)O)c(Cl)cn1. The van der Waals surface area contributed by atoms with E-state index in [0.717, 1.165) is 0 Å². The minimum absolute atomic E-state index is 0.000683. The van der Waals surface area contributed by atoms with Gasteiger partial charge in [0, 0.05) is 19.8 Å². The van der Waals surface area contributed by atoms with E-state index in [4.69, 9.17) is 16.7 Å². The molecule has 5 nitrogen and oxygen atoms in total. The van der Waals surface area contributed by atoms with Gasteiger partial charge in [-0.3, -0.25) is 0 Å². The van der Waals surface area contributed by atoms with Gasteiger partial charge in [-0.25, -0.2) is 9.78 Å². The van der Waals surface area contributed by atoms with Crippen LogP contribution in [0.2, 0.25) is 5.02 Å². The van der Waals surface area contributed by atoms with Gasteiger partial charge >= 0.3 is 5.97 Å². The molecule has 0 aliphatic carbocycles. The summed E-state index contributed by atoms with van der Waals surface area (Å²) in [6.07, 6.45) is 1.29. The van der Waals surface area contributed by atoms with Crippen LogP contribution < -0.4 is 4.90 Å². The summed E-state index contributed by atoms with van der Waals surface area (Å²) in [6, 6.07) is 1.39. The van der Waals surface area contributed by atoms with Gasteiger partial charge in [0.2, 0.25) is 0 Å². The molecule has 1 heterocycles. The lowest BCUT2D eigenvalue weighted by molar-refractivity contribution is 0.0697. The zero-order chi connectivity index (χ0) is 13.2. The first-order valence-corrected chi connectivity index (χ1v) is 5.41. The minimum Gasteiger partial charge on any atom is -0.478 e. The second-order valence-electron chi connectivity index (χ2n) is 4.50. The van der Waals surface area contributed by atoms with Crippen LogP contribution in [0.5, 0.6) is 0 Å². The highest BCUT2D eigenvalue weighted by Gasteiger charge is 2.18. The molecule has 1 rings (SSSR count). The molecule has 0 saturated carbocycles. The van der Waals surface area contributed by atoms with Crippen molar-refractivity contribution in [1.82, 2.24) is 4.98 Å². The summed E-state index contributed by atoms with van der Waals surface area (Å²) in [4.78, 5) is 16.6. The zero-order valence-corrected chi connectivity index (χ0v) is 10.7. The lowest BCUT2D eigenvalue weighted by atomic mass is 10.1. The number of aliphatic hydroxyl groups is 1. The molecule has 0 aromatic carbocycles. The number of rotatable bonds is 4. The normalized spacial score (nSPS) is 11.4. The van der Waals surface area contributed by atoms with Gasteiger partial charge in [-0.1, -0.05) is 11.6 Å². The van der Waals surface area contributed by atoms with Crippen LogP contribution in [-0.2, 0) is 0 Å². The van der Waals surface area contributed by atoms with Gasteiger partial charge in [-0.15, -0.1) is 0 Å². The van der Waals surface area contributed by atoms with Crippen LogP contribution in [0.4, 0.5) is 5.82 Å². The van der Waals surface area contributed by atoms with Gasteiger partial charge in [-0.2, -0.15) is 0 Å². The first-order valence-electron chi connectivity index (χ1n) is 5.03.